The van der Waals surface area contributed by atoms with E-state index in [2.05, 4.69) is 0 Å². The molecule has 0 rings (SSSR count). The van der Waals surface area contributed by atoms with E-state index in [9.17, 15) is 0 Å². The molecular formula is BiLaMn3O12. The van der Waals surface area contributed by atoms with Crippen molar-refractivity contribution in [3.8, 4) is 0 Å². The molecule has 0 amide bonds. The predicted molar refractivity (Wildman–Crippen MR) is 9.87 cm³/mol. The van der Waals surface area contributed by atoms with E-state index < -0.39 is 40.1 Å². The molecule has 0 aromatic carbocycles. The van der Waals surface area contributed by atoms with Gasteiger partial charge in [0, 0.05) is 0 Å². The number of rotatable bonds is 0. The quantitative estimate of drug-likeness (QED) is 0.214. The molecule has 0 spiro atoms. The third-order valence-corrected chi connectivity index (χ3v) is 0. The minimum atomic E-state index is -5.62. The van der Waals surface area contributed by atoms with Gasteiger partial charge in [0.15, 0.2) is 0 Å². The molecule has 101 valence electrons. The fourth-order valence-electron chi connectivity index (χ4n) is 0. The molecule has 0 unspecified atom stereocenters. The Labute approximate surface area is 148 Å². The van der Waals surface area contributed by atoms with Gasteiger partial charge in [0.2, 0.25) is 0 Å². The van der Waals surface area contributed by atoms with E-state index in [1.54, 1.807) is 0 Å². The van der Waals surface area contributed by atoms with Crippen molar-refractivity contribution in [2.45, 2.75) is 0 Å². The second-order valence-corrected chi connectivity index (χ2v) is 4.68. The van der Waals surface area contributed by atoms with E-state index in [-0.39, 0.29) is 61.8 Å². The van der Waals surface area contributed by atoms with Crippen molar-refractivity contribution in [1.29, 1.82) is 0 Å². The summed E-state index contributed by atoms with van der Waals surface area (Å²) >= 11 is -16.9. The van der Waals surface area contributed by atoms with E-state index >= 15 is 0 Å². The van der Waals surface area contributed by atoms with Crippen LogP contribution in [-0.2, 0) is 63.1 Å². The standard InChI is InChI=1S/Bi.La.3Mn.12O/q2*+3;;;;;;;;;;6*-1. The molecule has 0 aromatic heterocycles. The monoisotopic (exact) mass is 705 g/mol. The van der Waals surface area contributed by atoms with Crippen molar-refractivity contribution in [3.05, 3.63) is 0 Å². The van der Waals surface area contributed by atoms with Gasteiger partial charge in [-0.15, -0.1) is 0 Å². The average molecular weight is 705 g/mol. The summed E-state index contributed by atoms with van der Waals surface area (Å²) in [4.78, 5) is 0. The molecule has 2 radical (unpaired) electrons. The van der Waals surface area contributed by atoms with Crippen LogP contribution in [0.25, 0.3) is 0 Å². The average Bonchev–Trinajstić information content (AvgIpc) is 1.41. The van der Waals surface area contributed by atoms with Crippen molar-refractivity contribution < 1.29 is 124 Å². The van der Waals surface area contributed by atoms with Crippen LogP contribution in [0.4, 0.5) is 0 Å². The van der Waals surface area contributed by atoms with Crippen LogP contribution in [0.5, 0.6) is 0 Å². The Balaban J connectivity index is -0.0000000400. The zero-order valence-corrected chi connectivity index (χ0v) is 17.7. The predicted octanol–water partition coefficient (Wildman–Crippen LogP) is -8.24. The first kappa shape index (κ1) is 31.5. The second-order valence-electron chi connectivity index (χ2n) is 1.13. The summed E-state index contributed by atoms with van der Waals surface area (Å²) in [7, 11) is 0. The Hall–Kier alpha value is 2.20. The van der Waals surface area contributed by atoms with Gasteiger partial charge in [-0.3, -0.25) is 0 Å². The van der Waals surface area contributed by atoms with E-state index in [0.717, 1.165) is 0 Å². The second kappa shape index (κ2) is 13.2. The molecule has 17 heteroatoms. The van der Waals surface area contributed by atoms with Crippen LogP contribution in [0.3, 0.4) is 0 Å². The normalized spacial score (nSPS) is 10.2. The molecule has 0 N–H and O–H groups in total. The molecule has 0 aliphatic heterocycles. The summed E-state index contributed by atoms with van der Waals surface area (Å²) in [5.41, 5.74) is 0. The van der Waals surface area contributed by atoms with Crippen molar-refractivity contribution in [2.75, 3.05) is 0 Å². The van der Waals surface area contributed by atoms with Crippen LogP contribution < -0.4 is 25.1 Å². The molecule has 0 bridgehead atoms. The summed E-state index contributed by atoms with van der Waals surface area (Å²) in [5, 5.41) is 0. The van der Waals surface area contributed by atoms with Crippen LogP contribution in [0.15, 0.2) is 0 Å². The van der Waals surface area contributed by atoms with Gasteiger partial charge in [-0.05, 0) is 0 Å². The van der Waals surface area contributed by atoms with Gasteiger partial charge in [-0.25, -0.2) is 0 Å². The van der Waals surface area contributed by atoms with Gasteiger partial charge in [-0.2, -0.15) is 0 Å². The zero-order valence-electron chi connectivity index (χ0n) is 7.06. The Morgan fingerprint density at radius 3 is 0.471 bits per heavy atom. The van der Waals surface area contributed by atoms with Gasteiger partial charge in [0.1, 0.15) is 0 Å². The number of hydrogen-bond donors (Lipinski definition) is 0. The van der Waals surface area contributed by atoms with Crippen molar-refractivity contribution >= 4 is 26.2 Å². The van der Waals surface area contributed by atoms with Crippen LogP contribution in [-0.4, -0.2) is 26.2 Å². The molecule has 0 aromatic rings. The van der Waals surface area contributed by atoms with E-state index in [4.69, 9.17) is 48.1 Å². The van der Waals surface area contributed by atoms with Gasteiger partial charge >= 0.3 is 150 Å². The first-order chi connectivity index (χ1) is 6.00. The van der Waals surface area contributed by atoms with Crippen molar-refractivity contribution in [3.63, 3.8) is 0 Å². The van der Waals surface area contributed by atoms with Gasteiger partial charge in [0.25, 0.3) is 0 Å². The third kappa shape index (κ3) is 989. The van der Waals surface area contributed by atoms with Crippen molar-refractivity contribution in [1.82, 2.24) is 0 Å². The first-order valence-electron chi connectivity index (χ1n) is 1.85. The Bertz CT molecular complexity index is 343. The third-order valence-electron chi connectivity index (χ3n) is 0. The fourth-order valence-corrected chi connectivity index (χ4v) is 0. The van der Waals surface area contributed by atoms with E-state index in [0.29, 0.717) is 0 Å². The van der Waals surface area contributed by atoms with Gasteiger partial charge in [-0.1, -0.05) is 0 Å². The zero-order chi connectivity index (χ0) is 13.5. The SMILES string of the molecule is [Bi+3].[La+3].[O]=[Mn](=[O])([O-])[O-].[O]=[Mn](=[O])([O-])[O-].[O]=[Mn](=[O])([O-])[O-]. The fraction of sp³-hybridized carbons (Fsp3) is 0. The Morgan fingerprint density at radius 1 is 0.471 bits per heavy atom. The maximum absolute atomic E-state index is 8.58. The van der Waals surface area contributed by atoms with Crippen LogP contribution >= 0.6 is 0 Å². The molecule has 0 heterocycles. The Morgan fingerprint density at radius 2 is 0.471 bits per heavy atom. The Kier molecular flexibility index (Phi) is 24.5. The van der Waals surface area contributed by atoms with Crippen molar-refractivity contribution in [2.24, 2.45) is 0 Å². The minimum absolute atomic E-state index is 0. The van der Waals surface area contributed by atoms with Gasteiger partial charge < -0.3 is 0 Å². The first-order valence-corrected chi connectivity index (χ1v) is 7.63. The molecular weight excluding hydrogens is 705 g/mol. The summed E-state index contributed by atoms with van der Waals surface area (Å²) < 4.78 is 103. The molecule has 17 heavy (non-hydrogen) atoms. The molecule has 0 saturated heterocycles. The number of hydrogen-bond acceptors (Lipinski definition) is 12. The molecule has 0 saturated carbocycles. The molecule has 0 aliphatic carbocycles. The van der Waals surface area contributed by atoms with Crippen LogP contribution in [0.1, 0.15) is 0 Å². The van der Waals surface area contributed by atoms with E-state index in [1.165, 1.54) is 0 Å². The van der Waals surface area contributed by atoms with Crippen LogP contribution in [0, 0.1) is 35.6 Å². The summed E-state index contributed by atoms with van der Waals surface area (Å²) in [6.07, 6.45) is 0. The summed E-state index contributed by atoms with van der Waals surface area (Å²) in [5.74, 6) is 0. The molecule has 0 aliphatic rings. The topological polar surface area (TPSA) is 241 Å². The van der Waals surface area contributed by atoms with Gasteiger partial charge in [0.05, 0.1) is 0 Å². The van der Waals surface area contributed by atoms with E-state index in [1.807, 2.05) is 0 Å². The van der Waals surface area contributed by atoms with Crippen LogP contribution in [0.2, 0.25) is 0 Å². The molecule has 12 nitrogen and oxygen atoms in total. The maximum atomic E-state index is 8.58. The molecule has 0 atom stereocenters. The molecule has 0 fully saturated rings. The summed E-state index contributed by atoms with van der Waals surface area (Å²) in [6, 6.07) is 0. The summed E-state index contributed by atoms with van der Waals surface area (Å²) in [6.45, 7) is 0.